The SMILES string of the molecule is C[N+](C)(C)CCCCC[C@@H](N)C=O. The molecule has 3 heteroatoms. The van der Waals surface area contributed by atoms with E-state index in [0.29, 0.717) is 0 Å². The average molecular weight is 187 g/mol. The molecule has 0 aliphatic carbocycles. The molecular weight excluding hydrogens is 164 g/mol. The third-order valence-electron chi connectivity index (χ3n) is 2.04. The molecule has 0 aliphatic rings. The smallest absolute Gasteiger partial charge is 0.136 e. The van der Waals surface area contributed by atoms with Gasteiger partial charge >= 0.3 is 0 Å². The summed E-state index contributed by atoms with van der Waals surface area (Å²) in [6.07, 6.45) is 5.13. The van der Waals surface area contributed by atoms with Crippen molar-refractivity contribution >= 4 is 6.29 Å². The molecule has 0 aromatic carbocycles. The highest BCUT2D eigenvalue weighted by molar-refractivity contribution is 5.56. The second kappa shape index (κ2) is 6.11. The van der Waals surface area contributed by atoms with E-state index in [1.54, 1.807) is 0 Å². The number of carbonyl (C=O) groups excluding carboxylic acids is 1. The van der Waals surface area contributed by atoms with E-state index in [2.05, 4.69) is 21.1 Å². The molecule has 0 aliphatic heterocycles. The molecule has 3 nitrogen and oxygen atoms in total. The van der Waals surface area contributed by atoms with Crippen molar-refractivity contribution in [2.75, 3.05) is 27.7 Å². The van der Waals surface area contributed by atoms with Crippen LogP contribution in [0.4, 0.5) is 0 Å². The molecule has 13 heavy (non-hydrogen) atoms. The fourth-order valence-corrected chi connectivity index (χ4v) is 1.21. The molecule has 0 rings (SSSR count). The summed E-state index contributed by atoms with van der Waals surface area (Å²) in [6, 6.07) is -0.246. The molecule has 0 saturated carbocycles. The topological polar surface area (TPSA) is 43.1 Å². The lowest BCUT2D eigenvalue weighted by molar-refractivity contribution is -0.870. The second-order valence-corrected chi connectivity index (χ2v) is 4.66. The maximum absolute atomic E-state index is 10.2. The van der Waals surface area contributed by atoms with Crippen LogP contribution in [0, 0.1) is 0 Å². The first-order chi connectivity index (χ1) is 5.95. The number of carbonyl (C=O) groups is 1. The van der Waals surface area contributed by atoms with Crippen LogP contribution in [0.25, 0.3) is 0 Å². The third-order valence-corrected chi connectivity index (χ3v) is 2.04. The van der Waals surface area contributed by atoms with Crippen molar-refractivity contribution < 1.29 is 9.28 Å². The molecule has 0 bridgehead atoms. The molecule has 1 atom stereocenters. The van der Waals surface area contributed by atoms with Crippen molar-refractivity contribution in [3.8, 4) is 0 Å². The van der Waals surface area contributed by atoms with Crippen LogP contribution >= 0.6 is 0 Å². The van der Waals surface area contributed by atoms with Crippen LogP contribution in [0.1, 0.15) is 25.7 Å². The normalized spacial score (nSPS) is 14.2. The minimum absolute atomic E-state index is 0.246. The summed E-state index contributed by atoms with van der Waals surface area (Å²) >= 11 is 0. The van der Waals surface area contributed by atoms with Gasteiger partial charge < -0.3 is 15.0 Å². The first-order valence-electron chi connectivity index (χ1n) is 4.97. The van der Waals surface area contributed by atoms with Gasteiger partial charge in [-0.05, 0) is 19.3 Å². The molecule has 0 fully saturated rings. The highest BCUT2D eigenvalue weighted by Crippen LogP contribution is 2.04. The highest BCUT2D eigenvalue weighted by Gasteiger charge is 2.05. The Labute approximate surface area is 81.5 Å². The lowest BCUT2D eigenvalue weighted by atomic mass is 10.1. The van der Waals surface area contributed by atoms with Gasteiger partial charge in [-0.2, -0.15) is 0 Å². The van der Waals surface area contributed by atoms with E-state index in [9.17, 15) is 4.79 Å². The number of nitrogens with two attached hydrogens (primary N) is 1. The third kappa shape index (κ3) is 9.50. The highest BCUT2D eigenvalue weighted by atomic mass is 16.1. The molecule has 0 heterocycles. The first kappa shape index (κ1) is 12.6. The number of aldehydes is 1. The fraction of sp³-hybridized carbons (Fsp3) is 0.900. The van der Waals surface area contributed by atoms with Crippen LogP contribution in [0.3, 0.4) is 0 Å². The van der Waals surface area contributed by atoms with Crippen molar-refractivity contribution in [2.24, 2.45) is 5.73 Å². The van der Waals surface area contributed by atoms with Crippen LogP contribution < -0.4 is 5.73 Å². The zero-order valence-electron chi connectivity index (χ0n) is 9.12. The summed E-state index contributed by atoms with van der Waals surface area (Å²) in [5.41, 5.74) is 5.47. The number of rotatable bonds is 7. The minimum atomic E-state index is -0.246. The standard InChI is InChI=1S/C10H23N2O/c1-12(2,3)8-6-4-5-7-10(11)9-13/h9-10H,4-8,11H2,1-3H3/q+1/t10-/m1/s1. The van der Waals surface area contributed by atoms with E-state index in [0.717, 1.165) is 23.6 Å². The second-order valence-electron chi connectivity index (χ2n) is 4.66. The fourth-order valence-electron chi connectivity index (χ4n) is 1.21. The summed E-state index contributed by atoms with van der Waals surface area (Å²) in [4.78, 5) is 10.2. The van der Waals surface area contributed by atoms with E-state index < -0.39 is 0 Å². The summed E-state index contributed by atoms with van der Waals surface area (Å²) in [5, 5.41) is 0. The van der Waals surface area contributed by atoms with Crippen molar-refractivity contribution in [2.45, 2.75) is 31.7 Å². The Balaban J connectivity index is 3.22. The van der Waals surface area contributed by atoms with Crippen LogP contribution in [-0.4, -0.2) is 44.5 Å². The Morgan fingerprint density at radius 1 is 1.23 bits per heavy atom. The van der Waals surface area contributed by atoms with E-state index in [1.807, 2.05) is 0 Å². The molecule has 0 saturated heterocycles. The molecule has 0 unspecified atom stereocenters. The Morgan fingerprint density at radius 2 is 1.85 bits per heavy atom. The van der Waals surface area contributed by atoms with Crippen LogP contribution in [0.5, 0.6) is 0 Å². The summed E-state index contributed by atoms with van der Waals surface area (Å²) in [5.74, 6) is 0. The molecule has 0 spiro atoms. The van der Waals surface area contributed by atoms with Gasteiger partial charge in [0, 0.05) is 0 Å². The molecule has 0 aromatic heterocycles. The quantitative estimate of drug-likeness (QED) is 0.363. The van der Waals surface area contributed by atoms with Crippen molar-refractivity contribution in [3.05, 3.63) is 0 Å². The van der Waals surface area contributed by atoms with Gasteiger partial charge in [-0.15, -0.1) is 0 Å². The van der Waals surface area contributed by atoms with Gasteiger partial charge in [-0.3, -0.25) is 0 Å². The molecule has 2 N–H and O–H groups in total. The monoisotopic (exact) mass is 187 g/mol. The van der Waals surface area contributed by atoms with Crippen molar-refractivity contribution in [1.29, 1.82) is 0 Å². The van der Waals surface area contributed by atoms with E-state index in [1.165, 1.54) is 19.4 Å². The predicted octanol–water partition coefficient (Wildman–Crippen LogP) is 0.779. The van der Waals surface area contributed by atoms with Crippen molar-refractivity contribution in [1.82, 2.24) is 0 Å². The van der Waals surface area contributed by atoms with Crippen LogP contribution in [0.2, 0.25) is 0 Å². The van der Waals surface area contributed by atoms with Crippen LogP contribution in [-0.2, 0) is 4.79 Å². The number of quaternary nitrogens is 1. The average Bonchev–Trinajstić information content (AvgIpc) is 2.01. The van der Waals surface area contributed by atoms with Gasteiger partial charge in [0.1, 0.15) is 6.29 Å². The number of hydrogen-bond acceptors (Lipinski definition) is 2. The maximum atomic E-state index is 10.2. The lowest BCUT2D eigenvalue weighted by Crippen LogP contribution is -2.35. The zero-order chi connectivity index (χ0) is 10.3. The molecule has 0 radical (unpaired) electrons. The lowest BCUT2D eigenvalue weighted by Gasteiger charge is -2.23. The largest absolute Gasteiger partial charge is 0.331 e. The first-order valence-corrected chi connectivity index (χ1v) is 4.97. The Hall–Kier alpha value is -0.410. The minimum Gasteiger partial charge on any atom is -0.331 e. The van der Waals surface area contributed by atoms with Gasteiger partial charge in [0.05, 0.1) is 33.7 Å². The number of unbranched alkanes of at least 4 members (excludes halogenated alkanes) is 2. The maximum Gasteiger partial charge on any atom is 0.136 e. The Morgan fingerprint density at radius 3 is 2.31 bits per heavy atom. The molecular formula is C10H23N2O+. The van der Waals surface area contributed by atoms with Gasteiger partial charge in [0.15, 0.2) is 0 Å². The van der Waals surface area contributed by atoms with Gasteiger partial charge in [0.25, 0.3) is 0 Å². The van der Waals surface area contributed by atoms with Gasteiger partial charge in [0.2, 0.25) is 0 Å². The van der Waals surface area contributed by atoms with Gasteiger partial charge in [-0.1, -0.05) is 6.42 Å². The molecule has 0 aromatic rings. The summed E-state index contributed by atoms with van der Waals surface area (Å²) in [7, 11) is 6.57. The molecule has 0 amide bonds. The van der Waals surface area contributed by atoms with Crippen LogP contribution in [0.15, 0.2) is 0 Å². The predicted molar refractivity (Wildman–Crippen MR) is 55.4 cm³/mol. The number of hydrogen-bond donors (Lipinski definition) is 1. The summed E-state index contributed by atoms with van der Waals surface area (Å²) < 4.78 is 1.01. The van der Waals surface area contributed by atoms with E-state index in [4.69, 9.17) is 5.73 Å². The van der Waals surface area contributed by atoms with Gasteiger partial charge in [-0.25, -0.2) is 0 Å². The Bertz CT molecular complexity index is 140. The number of nitrogens with zero attached hydrogens (tertiary/aromatic N) is 1. The van der Waals surface area contributed by atoms with Crippen molar-refractivity contribution in [3.63, 3.8) is 0 Å². The molecule has 78 valence electrons. The Kier molecular flexibility index (Phi) is 5.91. The van der Waals surface area contributed by atoms with E-state index >= 15 is 0 Å². The van der Waals surface area contributed by atoms with E-state index in [-0.39, 0.29) is 6.04 Å². The zero-order valence-corrected chi connectivity index (χ0v) is 9.12. The summed E-state index contributed by atoms with van der Waals surface area (Å²) in [6.45, 7) is 1.19.